The second-order valence-corrected chi connectivity index (χ2v) is 5.65. The summed E-state index contributed by atoms with van der Waals surface area (Å²) < 4.78 is 7.43. The zero-order valence-corrected chi connectivity index (χ0v) is 13.8. The summed E-state index contributed by atoms with van der Waals surface area (Å²) in [7, 11) is 0. The van der Waals surface area contributed by atoms with Crippen molar-refractivity contribution >= 4 is 5.65 Å². The van der Waals surface area contributed by atoms with E-state index in [1.165, 1.54) is 0 Å². The molecular weight excluding hydrogens is 326 g/mol. The van der Waals surface area contributed by atoms with Crippen LogP contribution in [0.1, 0.15) is 11.3 Å². The van der Waals surface area contributed by atoms with Crippen LogP contribution in [0.25, 0.3) is 16.9 Å². The fraction of sp³-hybridized carbons (Fsp3) is 0.0500. The fourth-order valence-corrected chi connectivity index (χ4v) is 2.76. The van der Waals surface area contributed by atoms with E-state index in [9.17, 15) is 5.26 Å². The van der Waals surface area contributed by atoms with Gasteiger partial charge in [0, 0.05) is 18.3 Å². The molecule has 0 radical (unpaired) electrons. The van der Waals surface area contributed by atoms with Crippen LogP contribution in [0.15, 0.2) is 66.9 Å². The van der Waals surface area contributed by atoms with Crippen LogP contribution in [0.2, 0.25) is 0 Å². The van der Waals surface area contributed by atoms with Crippen molar-refractivity contribution in [3.8, 4) is 28.8 Å². The number of hydrogen-bond donors (Lipinski definition) is 1. The predicted molar refractivity (Wildman–Crippen MR) is 97.5 cm³/mol. The number of nitrogens with two attached hydrogens (primary N) is 1. The largest absolute Gasteiger partial charge is 0.457 e. The lowest BCUT2D eigenvalue weighted by Crippen LogP contribution is -2.05. The summed E-state index contributed by atoms with van der Waals surface area (Å²) in [5, 5.41) is 14.1. The molecule has 6 heteroatoms. The van der Waals surface area contributed by atoms with E-state index >= 15 is 0 Å². The summed E-state index contributed by atoms with van der Waals surface area (Å²) in [4.78, 5) is 4.28. The average Bonchev–Trinajstić information content (AvgIpc) is 3.08. The van der Waals surface area contributed by atoms with Crippen molar-refractivity contribution in [1.82, 2.24) is 14.6 Å². The molecule has 26 heavy (non-hydrogen) atoms. The summed E-state index contributed by atoms with van der Waals surface area (Å²) in [5.74, 6) is 1.48. The molecule has 0 saturated carbocycles. The van der Waals surface area contributed by atoms with Crippen LogP contribution < -0.4 is 10.5 Å². The van der Waals surface area contributed by atoms with Crippen molar-refractivity contribution in [2.45, 2.75) is 6.54 Å². The third-order valence-electron chi connectivity index (χ3n) is 4.02. The van der Waals surface area contributed by atoms with Crippen molar-refractivity contribution in [2.75, 3.05) is 0 Å². The number of ether oxygens (including phenoxy) is 1. The van der Waals surface area contributed by atoms with Gasteiger partial charge in [-0.05, 0) is 42.5 Å². The minimum atomic E-state index is 0.314. The number of rotatable bonds is 4. The normalized spacial score (nSPS) is 10.6. The molecule has 0 aliphatic heterocycles. The molecular formula is C20H15N5O. The van der Waals surface area contributed by atoms with Crippen LogP contribution in [-0.2, 0) is 6.54 Å². The highest BCUT2D eigenvalue weighted by atomic mass is 16.5. The maximum Gasteiger partial charge on any atom is 0.173 e. The third-order valence-corrected chi connectivity index (χ3v) is 4.02. The first-order valence-electron chi connectivity index (χ1n) is 8.10. The molecule has 0 unspecified atom stereocenters. The quantitative estimate of drug-likeness (QED) is 0.613. The van der Waals surface area contributed by atoms with Gasteiger partial charge in [-0.1, -0.05) is 18.2 Å². The molecule has 2 aromatic carbocycles. The number of nitrogens with zero attached hydrogens (tertiary/aromatic N) is 4. The van der Waals surface area contributed by atoms with Gasteiger partial charge in [0.05, 0.1) is 5.69 Å². The van der Waals surface area contributed by atoms with E-state index in [1.54, 1.807) is 16.8 Å². The van der Waals surface area contributed by atoms with Gasteiger partial charge >= 0.3 is 0 Å². The van der Waals surface area contributed by atoms with Crippen molar-refractivity contribution < 1.29 is 4.74 Å². The first kappa shape index (κ1) is 15.8. The summed E-state index contributed by atoms with van der Waals surface area (Å²) in [6.45, 7) is 0.314. The molecule has 0 spiro atoms. The number of aromatic nitrogens is 3. The molecule has 126 valence electrons. The van der Waals surface area contributed by atoms with E-state index in [0.717, 1.165) is 17.0 Å². The molecule has 2 heterocycles. The smallest absolute Gasteiger partial charge is 0.173 e. The van der Waals surface area contributed by atoms with Crippen LogP contribution in [-0.4, -0.2) is 14.6 Å². The molecule has 2 N–H and O–H groups in total. The molecule has 0 amide bonds. The van der Waals surface area contributed by atoms with Gasteiger partial charge in [-0.15, -0.1) is 0 Å². The molecule has 4 aromatic rings. The third kappa shape index (κ3) is 2.77. The minimum absolute atomic E-state index is 0.314. The van der Waals surface area contributed by atoms with Gasteiger partial charge < -0.3 is 10.5 Å². The Kier molecular flexibility index (Phi) is 4.06. The van der Waals surface area contributed by atoms with Gasteiger partial charge in [-0.2, -0.15) is 10.4 Å². The van der Waals surface area contributed by atoms with Gasteiger partial charge in [0.2, 0.25) is 0 Å². The lowest BCUT2D eigenvalue weighted by Gasteiger charge is -2.06. The van der Waals surface area contributed by atoms with Crippen molar-refractivity contribution in [3.63, 3.8) is 0 Å². The van der Waals surface area contributed by atoms with Crippen molar-refractivity contribution in [3.05, 3.63) is 78.1 Å². The lowest BCUT2D eigenvalue weighted by molar-refractivity contribution is 0.483. The maximum atomic E-state index is 9.58. The predicted octanol–water partition coefficient (Wildman–Crippen LogP) is 3.52. The summed E-state index contributed by atoms with van der Waals surface area (Å²) in [6, 6.07) is 21.0. The Balaban J connectivity index is 1.73. The fourth-order valence-electron chi connectivity index (χ4n) is 2.76. The first-order valence-corrected chi connectivity index (χ1v) is 8.10. The Morgan fingerprint density at radius 2 is 1.73 bits per heavy atom. The number of para-hydroxylation sites is 1. The van der Waals surface area contributed by atoms with Crippen LogP contribution in [0, 0.1) is 11.3 Å². The van der Waals surface area contributed by atoms with Gasteiger partial charge in [0.25, 0.3) is 0 Å². The molecule has 6 nitrogen and oxygen atoms in total. The van der Waals surface area contributed by atoms with Crippen molar-refractivity contribution in [1.29, 1.82) is 5.26 Å². The van der Waals surface area contributed by atoms with Crippen LogP contribution in [0.3, 0.4) is 0 Å². The second kappa shape index (κ2) is 6.67. The molecule has 4 rings (SSSR count). The molecule has 0 fully saturated rings. The monoisotopic (exact) mass is 341 g/mol. The van der Waals surface area contributed by atoms with Gasteiger partial charge in [-0.3, -0.25) is 0 Å². The van der Waals surface area contributed by atoms with E-state index < -0.39 is 0 Å². The molecule has 0 bridgehead atoms. The Morgan fingerprint density at radius 3 is 2.42 bits per heavy atom. The maximum absolute atomic E-state index is 9.58. The number of nitriles is 1. The number of hydrogen-bond acceptors (Lipinski definition) is 5. The Morgan fingerprint density at radius 1 is 1.00 bits per heavy atom. The molecule has 0 aliphatic carbocycles. The zero-order valence-electron chi connectivity index (χ0n) is 13.8. The molecule has 2 aromatic heterocycles. The van der Waals surface area contributed by atoms with E-state index in [0.29, 0.717) is 29.2 Å². The van der Waals surface area contributed by atoms with E-state index in [-0.39, 0.29) is 0 Å². The number of fused-ring (bicyclic) bond motifs is 1. The van der Waals surface area contributed by atoms with Crippen LogP contribution in [0.4, 0.5) is 0 Å². The lowest BCUT2D eigenvalue weighted by atomic mass is 10.1. The molecule has 0 saturated heterocycles. The number of benzene rings is 2. The standard InChI is InChI=1S/C20H15N5O/c21-12-15-10-11-23-20-18(13-22)19(24-25(15)20)14-6-8-17(9-7-14)26-16-4-2-1-3-5-16/h1-11H,12,21H2. The van der Waals surface area contributed by atoms with E-state index in [4.69, 9.17) is 10.5 Å². The summed E-state index contributed by atoms with van der Waals surface area (Å²) in [6.07, 6.45) is 1.64. The van der Waals surface area contributed by atoms with Crippen LogP contribution >= 0.6 is 0 Å². The summed E-state index contributed by atoms with van der Waals surface area (Å²) in [5.41, 5.74) is 8.88. The van der Waals surface area contributed by atoms with E-state index in [1.807, 2.05) is 54.6 Å². The highest BCUT2D eigenvalue weighted by molar-refractivity contribution is 5.75. The van der Waals surface area contributed by atoms with Crippen molar-refractivity contribution in [2.24, 2.45) is 5.73 Å². The Labute approximate surface area is 150 Å². The SMILES string of the molecule is N#Cc1c(-c2ccc(Oc3ccccc3)cc2)nn2c(CN)ccnc12. The van der Waals surface area contributed by atoms with E-state index in [2.05, 4.69) is 16.2 Å². The topological polar surface area (TPSA) is 89.2 Å². The average molecular weight is 341 g/mol. The Hall–Kier alpha value is -3.69. The van der Waals surface area contributed by atoms with Gasteiger partial charge in [-0.25, -0.2) is 9.50 Å². The second-order valence-electron chi connectivity index (χ2n) is 5.65. The van der Waals surface area contributed by atoms with Gasteiger partial charge in [0.15, 0.2) is 5.65 Å². The first-order chi connectivity index (χ1) is 12.8. The zero-order chi connectivity index (χ0) is 17.9. The van der Waals surface area contributed by atoms with Gasteiger partial charge in [0.1, 0.15) is 28.8 Å². The molecule has 0 aliphatic rings. The molecule has 0 atom stereocenters. The van der Waals surface area contributed by atoms with Crippen LogP contribution in [0.5, 0.6) is 11.5 Å². The highest BCUT2D eigenvalue weighted by Crippen LogP contribution is 2.28. The highest BCUT2D eigenvalue weighted by Gasteiger charge is 2.17. The minimum Gasteiger partial charge on any atom is -0.457 e. The Bertz CT molecular complexity index is 1090. The summed E-state index contributed by atoms with van der Waals surface area (Å²) >= 11 is 0.